The Bertz CT molecular complexity index is 1520. The minimum absolute atomic E-state index is 0.0166. The quantitative estimate of drug-likeness (QED) is 0.402. The highest BCUT2D eigenvalue weighted by Gasteiger charge is 2.30. The van der Waals surface area contributed by atoms with Crippen LogP contribution in [0.4, 0.5) is 5.82 Å². The lowest BCUT2D eigenvalue weighted by Crippen LogP contribution is -2.09. The van der Waals surface area contributed by atoms with E-state index in [9.17, 15) is 8.42 Å². The number of sulfone groups is 1. The molecule has 0 spiro atoms. The predicted molar refractivity (Wildman–Crippen MR) is 126 cm³/mol. The van der Waals surface area contributed by atoms with Crippen molar-refractivity contribution >= 4 is 49.2 Å². The zero-order valence-electron chi connectivity index (χ0n) is 17.2. The molecule has 0 aliphatic carbocycles. The first kappa shape index (κ1) is 20.5. The Morgan fingerprint density at radius 1 is 1.00 bits per heavy atom. The summed E-state index contributed by atoms with van der Waals surface area (Å²) in [4.78, 5) is 9.41. The first-order valence-corrected chi connectivity index (χ1v) is 12.3. The van der Waals surface area contributed by atoms with E-state index in [1.807, 2.05) is 48.5 Å². The second-order valence-electron chi connectivity index (χ2n) is 7.28. The van der Waals surface area contributed by atoms with Gasteiger partial charge in [0.25, 0.3) is 0 Å². The first-order valence-electron chi connectivity index (χ1n) is 9.95. The number of hydrogen-bond donors (Lipinski definition) is 1. The highest BCUT2D eigenvalue weighted by molar-refractivity contribution is 7.93. The summed E-state index contributed by atoms with van der Waals surface area (Å²) in [5, 5.41) is 1.73. The molecular formula is C23H20N4O3S2. The van der Waals surface area contributed by atoms with E-state index in [2.05, 4.69) is 4.98 Å². The third-order valence-corrected chi connectivity index (χ3v) is 8.57. The number of nitrogens with zero attached hydrogens (tertiary/aromatic N) is 3. The summed E-state index contributed by atoms with van der Waals surface area (Å²) in [7, 11) is -2.21. The summed E-state index contributed by atoms with van der Waals surface area (Å²) < 4.78 is 34.1. The van der Waals surface area contributed by atoms with Gasteiger partial charge in [-0.3, -0.25) is 0 Å². The molecule has 0 bridgehead atoms. The highest BCUT2D eigenvalue weighted by Crippen LogP contribution is 2.36. The van der Waals surface area contributed by atoms with Crippen LogP contribution in [-0.2, 0) is 22.8 Å². The van der Waals surface area contributed by atoms with Gasteiger partial charge in [0, 0.05) is 6.54 Å². The molecule has 32 heavy (non-hydrogen) atoms. The number of aromatic nitrogens is 3. The van der Waals surface area contributed by atoms with Crippen molar-refractivity contribution in [3.8, 4) is 5.75 Å². The standard InChI is InChI=1S/C23H20N4O3S2/c1-30-16-10-8-15(9-11-16)12-13-27-22(24)21(32(28,29)19-7-4-14-31-19)20-23(27)26-18-6-3-2-5-17(18)25-20/h2-11,14H,12-13,24H2,1H3. The molecule has 0 saturated carbocycles. The van der Waals surface area contributed by atoms with Gasteiger partial charge in [0.15, 0.2) is 5.65 Å². The van der Waals surface area contributed by atoms with Crippen LogP contribution in [0.2, 0.25) is 0 Å². The van der Waals surface area contributed by atoms with Crippen molar-refractivity contribution in [1.29, 1.82) is 0 Å². The first-order chi connectivity index (χ1) is 15.5. The van der Waals surface area contributed by atoms with E-state index in [1.54, 1.807) is 29.2 Å². The summed E-state index contributed by atoms with van der Waals surface area (Å²) in [6, 6.07) is 18.4. The van der Waals surface area contributed by atoms with Gasteiger partial charge in [-0.15, -0.1) is 11.3 Å². The lowest BCUT2D eigenvalue weighted by atomic mass is 10.1. The molecule has 9 heteroatoms. The van der Waals surface area contributed by atoms with Crippen molar-refractivity contribution in [2.24, 2.45) is 0 Å². The molecule has 7 nitrogen and oxygen atoms in total. The summed E-state index contributed by atoms with van der Waals surface area (Å²) in [5.41, 5.74) is 9.60. The maximum atomic E-state index is 13.5. The van der Waals surface area contributed by atoms with Crippen LogP contribution in [0, 0.1) is 0 Å². The van der Waals surface area contributed by atoms with Crippen LogP contribution in [0.1, 0.15) is 5.56 Å². The number of benzene rings is 2. The summed E-state index contributed by atoms with van der Waals surface area (Å²) in [5.74, 6) is 0.929. The lowest BCUT2D eigenvalue weighted by molar-refractivity contribution is 0.414. The second kappa shape index (κ2) is 7.92. The van der Waals surface area contributed by atoms with Crippen LogP contribution >= 0.6 is 11.3 Å². The number of fused-ring (bicyclic) bond motifs is 2. The second-order valence-corrected chi connectivity index (χ2v) is 10.3. The van der Waals surface area contributed by atoms with Crippen LogP contribution < -0.4 is 10.5 Å². The van der Waals surface area contributed by atoms with Gasteiger partial charge in [-0.2, -0.15) is 0 Å². The maximum absolute atomic E-state index is 13.5. The zero-order valence-corrected chi connectivity index (χ0v) is 18.9. The van der Waals surface area contributed by atoms with Gasteiger partial charge in [-0.1, -0.05) is 30.3 Å². The molecule has 2 aromatic carbocycles. The summed E-state index contributed by atoms with van der Waals surface area (Å²) >= 11 is 1.16. The Kier molecular flexibility index (Phi) is 5.07. The Balaban J connectivity index is 1.67. The van der Waals surface area contributed by atoms with E-state index in [0.29, 0.717) is 35.2 Å². The molecule has 5 aromatic rings. The van der Waals surface area contributed by atoms with Crippen LogP contribution in [0.5, 0.6) is 5.75 Å². The Labute approximate surface area is 189 Å². The van der Waals surface area contributed by atoms with Crippen LogP contribution in [0.25, 0.3) is 22.2 Å². The van der Waals surface area contributed by atoms with Gasteiger partial charge in [0.1, 0.15) is 26.2 Å². The number of hydrogen-bond acceptors (Lipinski definition) is 7. The van der Waals surface area contributed by atoms with Crippen LogP contribution in [0.15, 0.2) is 75.1 Å². The number of nitrogen functional groups attached to an aromatic ring is 1. The number of thiophene rings is 1. The smallest absolute Gasteiger partial charge is 0.221 e. The van der Waals surface area contributed by atoms with Gasteiger partial charge in [-0.25, -0.2) is 18.4 Å². The van der Waals surface area contributed by atoms with Crippen molar-refractivity contribution in [3.05, 3.63) is 71.6 Å². The molecule has 5 rings (SSSR count). The summed E-state index contributed by atoms with van der Waals surface area (Å²) in [6.07, 6.45) is 0.644. The minimum Gasteiger partial charge on any atom is -0.497 e. The fraction of sp³-hybridized carbons (Fsp3) is 0.130. The molecular weight excluding hydrogens is 444 g/mol. The Hall–Kier alpha value is -3.43. The van der Waals surface area contributed by atoms with Gasteiger partial charge < -0.3 is 15.0 Å². The molecule has 0 atom stereocenters. The van der Waals surface area contributed by atoms with Crippen molar-refractivity contribution in [2.45, 2.75) is 22.1 Å². The zero-order chi connectivity index (χ0) is 22.3. The molecule has 0 saturated heterocycles. The number of nitrogens with two attached hydrogens (primary N) is 1. The highest BCUT2D eigenvalue weighted by atomic mass is 32.2. The molecule has 0 fully saturated rings. The van der Waals surface area contributed by atoms with Gasteiger partial charge in [0.2, 0.25) is 9.84 Å². The number of methoxy groups -OCH3 is 1. The van der Waals surface area contributed by atoms with Gasteiger partial charge in [-0.05, 0) is 47.7 Å². The molecule has 0 aliphatic heterocycles. The molecule has 162 valence electrons. The number of ether oxygens (including phenoxy) is 1. The van der Waals surface area contributed by atoms with E-state index >= 15 is 0 Å². The number of anilines is 1. The third-order valence-electron chi connectivity index (χ3n) is 5.36. The van der Waals surface area contributed by atoms with E-state index in [-0.39, 0.29) is 14.9 Å². The Morgan fingerprint density at radius 3 is 2.38 bits per heavy atom. The average Bonchev–Trinajstić information content (AvgIpc) is 3.44. The molecule has 0 amide bonds. The number of para-hydroxylation sites is 2. The molecule has 3 aromatic heterocycles. The topological polar surface area (TPSA) is 100 Å². The largest absolute Gasteiger partial charge is 0.497 e. The predicted octanol–water partition coefficient (Wildman–Crippen LogP) is 4.31. The van der Waals surface area contributed by atoms with Gasteiger partial charge >= 0.3 is 0 Å². The van der Waals surface area contributed by atoms with Crippen LogP contribution in [-0.4, -0.2) is 30.1 Å². The van der Waals surface area contributed by atoms with Gasteiger partial charge in [0.05, 0.1) is 18.1 Å². The van der Waals surface area contributed by atoms with E-state index in [0.717, 1.165) is 22.6 Å². The van der Waals surface area contributed by atoms with E-state index < -0.39 is 9.84 Å². The lowest BCUT2D eigenvalue weighted by Gasteiger charge is -2.09. The van der Waals surface area contributed by atoms with Crippen molar-refractivity contribution in [2.75, 3.05) is 12.8 Å². The molecule has 0 aliphatic rings. The fourth-order valence-electron chi connectivity index (χ4n) is 3.73. The van der Waals surface area contributed by atoms with Crippen LogP contribution in [0.3, 0.4) is 0 Å². The fourth-order valence-corrected chi connectivity index (χ4v) is 6.34. The monoisotopic (exact) mass is 464 g/mol. The van der Waals surface area contributed by atoms with E-state index in [1.165, 1.54) is 0 Å². The Morgan fingerprint density at radius 2 is 1.72 bits per heavy atom. The minimum atomic E-state index is -3.84. The number of aryl methyl sites for hydroxylation is 2. The van der Waals surface area contributed by atoms with Crippen molar-refractivity contribution in [1.82, 2.24) is 14.5 Å². The van der Waals surface area contributed by atoms with Crippen molar-refractivity contribution in [3.63, 3.8) is 0 Å². The SMILES string of the molecule is COc1ccc(CCn2c(N)c(S(=O)(=O)c3cccs3)c3nc4ccccc4nc32)cc1. The number of rotatable bonds is 6. The molecule has 2 N–H and O–H groups in total. The third kappa shape index (κ3) is 3.39. The molecule has 0 radical (unpaired) electrons. The molecule has 0 unspecified atom stereocenters. The van der Waals surface area contributed by atoms with Crippen molar-refractivity contribution < 1.29 is 13.2 Å². The summed E-state index contributed by atoms with van der Waals surface area (Å²) in [6.45, 7) is 0.460. The normalized spacial score (nSPS) is 11.9. The van der Waals surface area contributed by atoms with E-state index in [4.69, 9.17) is 15.5 Å². The maximum Gasteiger partial charge on any atom is 0.221 e. The average molecular weight is 465 g/mol. The molecule has 3 heterocycles.